The summed E-state index contributed by atoms with van der Waals surface area (Å²) in [5.41, 5.74) is 8.98. The molecule has 7 nitrogen and oxygen atoms in total. The van der Waals surface area contributed by atoms with Crippen molar-refractivity contribution in [1.82, 2.24) is 15.3 Å². The SMILES string of the molecule is CNC(=O)c1cc(-c2nccc3c(Nc4ccc(F)c(Cl)c4)c(N)oc23)ccn1. The molecule has 1 aromatic carbocycles. The highest BCUT2D eigenvalue weighted by Gasteiger charge is 2.18. The van der Waals surface area contributed by atoms with Gasteiger partial charge in [-0.3, -0.25) is 14.8 Å². The van der Waals surface area contributed by atoms with E-state index in [9.17, 15) is 9.18 Å². The molecule has 3 heterocycles. The maximum atomic E-state index is 13.4. The molecule has 0 aliphatic rings. The van der Waals surface area contributed by atoms with E-state index in [1.54, 1.807) is 30.5 Å². The molecule has 0 unspecified atom stereocenters. The van der Waals surface area contributed by atoms with E-state index in [0.717, 1.165) is 0 Å². The Morgan fingerprint density at radius 3 is 2.72 bits per heavy atom. The third-order valence-electron chi connectivity index (χ3n) is 4.31. The molecule has 1 amide bonds. The first kappa shape index (κ1) is 18.7. The highest BCUT2D eigenvalue weighted by atomic mass is 35.5. The predicted molar refractivity (Wildman–Crippen MR) is 110 cm³/mol. The van der Waals surface area contributed by atoms with Gasteiger partial charge in [-0.05, 0) is 36.4 Å². The number of rotatable bonds is 4. The Kier molecular flexibility index (Phi) is 4.77. The van der Waals surface area contributed by atoms with Crippen LogP contribution >= 0.6 is 11.6 Å². The van der Waals surface area contributed by atoms with Gasteiger partial charge in [-0.1, -0.05) is 11.6 Å². The molecule has 0 aliphatic carbocycles. The molecule has 4 rings (SSSR count). The largest absolute Gasteiger partial charge is 0.436 e. The van der Waals surface area contributed by atoms with E-state index in [1.807, 2.05) is 0 Å². The lowest BCUT2D eigenvalue weighted by Gasteiger charge is -2.07. The van der Waals surface area contributed by atoms with E-state index in [-0.39, 0.29) is 22.5 Å². The molecule has 0 radical (unpaired) electrons. The Hall–Kier alpha value is -3.65. The Morgan fingerprint density at radius 2 is 1.97 bits per heavy atom. The van der Waals surface area contributed by atoms with Crippen molar-refractivity contribution in [1.29, 1.82) is 0 Å². The zero-order valence-corrected chi connectivity index (χ0v) is 15.9. The maximum absolute atomic E-state index is 13.4. The molecule has 9 heteroatoms. The molecule has 0 atom stereocenters. The molecule has 3 aromatic heterocycles. The molecule has 4 N–H and O–H groups in total. The number of aromatic nitrogens is 2. The van der Waals surface area contributed by atoms with Gasteiger partial charge in [-0.25, -0.2) is 4.39 Å². The number of carbonyl (C=O) groups excluding carboxylic acids is 1. The van der Waals surface area contributed by atoms with Crippen molar-refractivity contribution in [3.63, 3.8) is 0 Å². The Labute approximate surface area is 169 Å². The number of pyridine rings is 2. The first-order valence-corrected chi connectivity index (χ1v) is 8.93. The predicted octanol–water partition coefficient (Wildman–Crippen LogP) is 4.37. The number of nitrogens with two attached hydrogens (primary N) is 1. The molecule has 4 aromatic rings. The fraction of sp³-hybridized carbons (Fsp3) is 0.0500. The summed E-state index contributed by atoms with van der Waals surface area (Å²) in [5.74, 6) is -0.692. The van der Waals surface area contributed by atoms with Crippen LogP contribution in [0, 0.1) is 5.82 Å². The average Bonchev–Trinajstić information content (AvgIpc) is 3.05. The molecule has 0 aliphatic heterocycles. The summed E-state index contributed by atoms with van der Waals surface area (Å²) in [6.45, 7) is 0. The standard InChI is InChI=1S/C20H15ClFN5O2/c1-24-20(28)15-8-10(4-6-25-15)16-18-12(5-7-26-16)17(19(23)29-18)27-11-2-3-14(22)13(21)9-11/h2-9,27H,23H2,1H3,(H,24,28). The van der Waals surface area contributed by atoms with E-state index >= 15 is 0 Å². The van der Waals surface area contributed by atoms with Crippen molar-refractivity contribution in [3.05, 3.63) is 65.3 Å². The quantitative estimate of drug-likeness (QED) is 0.460. The van der Waals surface area contributed by atoms with Crippen LogP contribution in [0.2, 0.25) is 5.02 Å². The fourth-order valence-electron chi connectivity index (χ4n) is 2.92. The Balaban J connectivity index is 1.80. The van der Waals surface area contributed by atoms with Gasteiger partial charge < -0.3 is 20.8 Å². The van der Waals surface area contributed by atoms with Crippen LogP contribution in [0.25, 0.3) is 22.2 Å². The highest BCUT2D eigenvalue weighted by molar-refractivity contribution is 6.31. The summed E-state index contributed by atoms with van der Waals surface area (Å²) in [4.78, 5) is 20.3. The Bertz CT molecular complexity index is 1240. The molecule has 0 saturated heterocycles. The van der Waals surface area contributed by atoms with Gasteiger partial charge in [-0.15, -0.1) is 0 Å². The van der Waals surface area contributed by atoms with E-state index in [4.69, 9.17) is 21.8 Å². The highest BCUT2D eigenvalue weighted by Crippen LogP contribution is 2.39. The molecular weight excluding hydrogens is 397 g/mol. The van der Waals surface area contributed by atoms with Crippen LogP contribution in [-0.4, -0.2) is 22.9 Å². The summed E-state index contributed by atoms with van der Waals surface area (Å²) < 4.78 is 19.2. The topological polar surface area (TPSA) is 106 Å². The van der Waals surface area contributed by atoms with Crippen molar-refractivity contribution in [2.75, 3.05) is 18.1 Å². The summed E-state index contributed by atoms with van der Waals surface area (Å²) >= 11 is 5.85. The van der Waals surface area contributed by atoms with Crippen molar-refractivity contribution in [3.8, 4) is 11.3 Å². The molecule has 0 spiro atoms. The van der Waals surface area contributed by atoms with Crippen molar-refractivity contribution < 1.29 is 13.6 Å². The lowest BCUT2D eigenvalue weighted by Crippen LogP contribution is -2.19. The number of fused-ring (bicyclic) bond motifs is 1. The molecular formula is C20H15ClFN5O2. The smallest absolute Gasteiger partial charge is 0.269 e. The number of carbonyl (C=O) groups is 1. The number of anilines is 3. The second-order valence-electron chi connectivity index (χ2n) is 6.14. The average molecular weight is 412 g/mol. The van der Waals surface area contributed by atoms with Crippen molar-refractivity contribution >= 4 is 45.7 Å². The van der Waals surface area contributed by atoms with Gasteiger partial charge in [0, 0.05) is 30.7 Å². The zero-order chi connectivity index (χ0) is 20.5. The normalized spacial score (nSPS) is 10.9. The summed E-state index contributed by atoms with van der Waals surface area (Å²) in [6, 6.07) is 9.34. The number of benzene rings is 1. The maximum Gasteiger partial charge on any atom is 0.269 e. The van der Waals surface area contributed by atoms with Gasteiger partial charge in [0.15, 0.2) is 5.58 Å². The van der Waals surface area contributed by atoms with Gasteiger partial charge in [0.25, 0.3) is 5.91 Å². The van der Waals surface area contributed by atoms with Crippen LogP contribution in [0.4, 0.5) is 21.6 Å². The number of hydrogen-bond acceptors (Lipinski definition) is 6. The van der Waals surface area contributed by atoms with E-state index in [2.05, 4.69) is 20.6 Å². The van der Waals surface area contributed by atoms with Crippen LogP contribution in [0.5, 0.6) is 0 Å². The van der Waals surface area contributed by atoms with E-state index in [0.29, 0.717) is 33.6 Å². The minimum absolute atomic E-state index is 0.0118. The number of hydrogen-bond donors (Lipinski definition) is 3. The summed E-state index contributed by atoms with van der Waals surface area (Å²) in [7, 11) is 1.53. The molecule has 0 saturated carbocycles. The first-order chi connectivity index (χ1) is 14.0. The number of amides is 1. The van der Waals surface area contributed by atoms with Crippen molar-refractivity contribution in [2.45, 2.75) is 0 Å². The minimum Gasteiger partial charge on any atom is -0.436 e. The van der Waals surface area contributed by atoms with Gasteiger partial charge in [0.05, 0.1) is 10.4 Å². The lowest BCUT2D eigenvalue weighted by atomic mass is 10.1. The van der Waals surface area contributed by atoms with Crippen molar-refractivity contribution in [2.24, 2.45) is 0 Å². The van der Waals surface area contributed by atoms with Crippen LogP contribution < -0.4 is 16.4 Å². The number of nitrogen functional groups attached to an aromatic ring is 1. The second-order valence-corrected chi connectivity index (χ2v) is 6.55. The summed E-state index contributed by atoms with van der Waals surface area (Å²) in [5, 5.41) is 6.30. The zero-order valence-electron chi connectivity index (χ0n) is 15.2. The second kappa shape index (κ2) is 7.40. The van der Waals surface area contributed by atoms with E-state index < -0.39 is 5.82 Å². The number of nitrogens with one attached hydrogen (secondary N) is 2. The summed E-state index contributed by atoms with van der Waals surface area (Å²) in [6.07, 6.45) is 3.13. The molecule has 0 fully saturated rings. The third kappa shape index (κ3) is 3.45. The van der Waals surface area contributed by atoms with Gasteiger partial charge in [0.2, 0.25) is 5.88 Å². The van der Waals surface area contributed by atoms with Gasteiger partial charge in [-0.2, -0.15) is 0 Å². The van der Waals surface area contributed by atoms with Crippen LogP contribution in [0.3, 0.4) is 0 Å². The number of furan rings is 1. The van der Waals surface area contributed by atoms with Crippen LogP contribution in [0.1, 0.15) is 10.5 Å². The first-order valence-electron chi connectivity index (χ1n) is 8.55. The molecule has 146 valence electrons. The minimum atomic E-state index is -0.515. The number of halogens is 2. The fourth-order valence-corrected chi connectivity index (χ4v) is 3.11. The van der Waals surface area contributed by atoms with Crippen LogP contribution in [0.15, 0.2) is 53.2 Å². The van der Waals surface area contributed by atoms with Gasteiger partial charge >= 0.3 is 0 Å². The van der Waals surface area contributed by atoms with Gasteiger partial charge in [0.1, 0.15) is 22.9 Å². The molecule has 0 bridgehead atoms. The van der Waals surface area contributed by atoms with E-state index in [1.165, 1.54) is 25.4 Å². The third-order valence-corrected chi connectivity index (χ3v) is 4.60. The molecule has 29 heavy (non-hydrogen) atoms. The Morgan fingerprint density at radius 1 is 1.17 bits per heavy atom. The number of nitrogens with zero attached hydrogens (tertiary/aromatic N) is 2. The monoisotopic (exact) mass is 411 g/mol. The van der Waals surface area contributed by atoms with Crippen LogP contribution in [-0.2, 0) is 0 Å². The lowest BCUT2D eigenvalue weighted by molar-refractivity contribution is 0.0958.